The highest BCUT2D eigenvalue weighted by Crippen LogP contribution is 2.45. The summed E-state index contributed by atoms with van der Waals surface area (Å²) in [7, 11) is 0. The van der Waals surface area contributed by atoms with Crippen LogP contribution >= 0.6 is 0 Å². The fourth-order valence-corrected chi connectivity index (χ4v) is 5.45. The standard InChI is InChI=1S/C25H31FN2O/c26-19-9-11-20(12-10-19)28-17-15-27(16-18-28)14-13-25-23-6-2-1-5-21(23)22-7-3-4-8-24(22)29-25/h1-2,5-6,9-12,22,24-25H,3-4,7-8,13-18H2/t22-,24?,25-/m0/s1. The average molecular weight is 395 g/mol. The van der Waals surface area contributed by atoms with Gasteiger partial charge in [0.25, 0.3) is 0 Å². The van der Waals surface area contributed by atoms with Crippen LogP contribution in [0.5, 0.6) is 0 Å². The Morgan fingerprint density at radius 3 is 2.38 bits per heavy atom. The van der Waals surface area contributed by atoms with E-state index in [1.54, 1.807) is 17.7 Å². The number of fused-ring (bicyclic) bond motifs is 3. The van der Waals surface area contributed by atoms with Gasteiger partial charge in [0.05, 0.1) is 12.2 Å². The minimum atomic E-state index is -0.166. The minimum Gasteiger partial charge on any atom is -0.370 e. The molecule has 0 radical (unpaired) electrons. The summed E-state index contributed by atoms with van der Waals surface area (Å²) in [5, 5.41) is 0. The van der Waals surface area contributed by atoms with E-state index in [0.717, 1.165) is 44.8 Å². The molecular formula is C25H31FN2O. The predicted molar refractivity (Wildman–Crippen MR) is 115 cm³/mol. The number of nitrogens with zero attached hydrogens (tertiary/aromatic N) is 2. The second kappa shape index (κ2) is 8.45. The van der Waals surface area contributed by atoms with Crippen LogP contribution < -0.4 is 4.90 Å². The van der Waals surface area contributed by atoms with Crippen molar-refractivity contribution < 1.29 is 9.13 Å². The molecule has 154 valence electrons. The first-order valence-corrected chi connectivity index (χ1v) is 11.2. The van der Waals surface area contributed by atoms with Crippen LogP contribution in [0.4, 0.5) is 10.1 Å². The Hall–Kier alpha value is -1.91. The zero-order valence-corrected chi connectivity index (χ0v) is 17.1. The summed E-state index contributed by atoms with van der Waals surface area (Å²) >= 11 is 0. The molecule has 3 aliphatic rings. The monoisotopic (exact) mass is 394 g/mol. The van der Waals surface area contributed by atoms with Gasteiger partial charge in [0.2, 0.25) is 0 Å². The largest absolute Gasteiger partial charge is 0.370 e. The Morgan fingerprint density at radius 2 is 1.59 bits per heavy atom. The van der Waals surface area contributed by atoms with Crippen LogP contribution in [-0.4, -0.2) is 43.7 Å². The topological polar surface area (TPSA) is 15.7 Å². The van der Waals surface area contributed by atoms with Crippen molar-refractivity contribution in [2.45, 2.75) is 50.2 Å². The molecule has 0 aromatic heterocycles. The molecule has 2 heterocycles. The summed E-state index contributed by atoms with van der Waals surface area (Å²) in [6.45, 7) is 5.18. The average Bonchev–Trinajstić information content (AvgIpc) is 2.78. The Morgan fingerprint density at radius 1 is 0.862 bits per heavy atom. The number of hydrogen-bond acceptors (Lipinski definition) is 3. The van der Waals surface area contributed by atoms with Crippen molar-refractivity contribution in [2.24, 2.45) is 0 Å². The fourth-order valence-electron chi connectivity index (χ4n) is 5.45. The number of rotatable bonds is 4. The van der Waals surface area contributed by atoms with Crippen LogP contribution in [0.1, 0.15) is 55.3 Å². The van der Waals surface area contributed by atoms with E-state index in [-0.39, 0.29) is 11.9 Å². The Bertz CT molecular complexity index is 816. The zero-order chi connectivity index (χ0) is 19.6. The van der Waals surface area contributed by atoms with Gasteiger partial charge in [-0.25, -0.2) is 4.39 Å². The van der Waals surface area contributed by atoms with E-state index in [2.05, 4.69) is 34.1 Å². The molecule has 29 heavy (non-hydrogen) atoms. The normalized spacial score (nSPS) is 27.3. The number of piperazine rings is 1. The van der Waals surface area contributed by atoms with Crippen molar-refractivity contribution in [2.75, 3.05) is 37.6 Å². The molecule has 1 saturated carbocycles. The van der Waals surface area contributed by atoms with Gasteiger partial charge in [-0.3, -0.25) is 4.90 Å². The molecule has 5 rings (SSSR count). The first-order chi connectivity index (χ1) is 14.3. The number of benzene rings is 2. The number of hydrogen-bond donors (Lipinski definition) is 0. The number of ether oxygens (including phenoxy) is 1. The maximum absolute atomic E-state index is 13.2. The molecule has 0 spiro atoms. The molecule has 2 fully saturated rings. The first kappa shape index (κ1) is 19.1. The summed E-state index contributed by atoms with van der Waals surface area (Å²) in [6, 6.07) is 15.9. The van der Waals surface area contributed by atoms with Gasteiger partial charge in [-0.05, 0) is 54.7 Å². The van der Waals surface area contributed by atoms with Crippen LogP contribution in [0.3, 0.4) is 0 Å². The molecular weight excluding hydrogens is 363 g/mol. The van der Waals surface area contributed by atoms with Gasteiger partial charge in [-0.15, -0.1) is 0 Å². The summed E-state index contributed by atoms with van der Waals surface area (Å²) < 4.78 is 19.8. The summed E-state index contributed by atoms with van der Waals surface area (Å²) in [5.74, 6) is 0.441. The van der Waals surface area contributed by atoms with E-state index < -0.39 is 0 Å². The molecule has 2 aliphatic heterocycles. The molecule has 1 aliphatic carbocycles. The van der Waals surface area contributed by atoms with Crippen molar-refractivity contribution in [3.63, 3.8) is 0 Å². The Labute approximate surface area is 173 Å². The molecule has 4 heteroatoms. The van der Waals surface area contributed by atoms with Gasteiger partial charge < -0.3 is 9.64 Å². The van der Waals surface area contributed by atoms with Crippen LogP contribution in [0.25, 0.3) is 0 Å². The molecule has 0 N–H and O–H groups in total. The predicted octanol–water partition coefficient (Wildman–Crippen LogP) is 5.14. The van der Waals surface area contributed by atoms with Crippen molar-refractivity contribution >= 4 is 5.69 Å². The fraction of sp³-hybridized carbons (Fsp3) is 0.520. The van der Waals surface area contributed by atoms with E-state index >= 15 is 0 Å². The molecule has 3 atom stereocenters. The molecule has 0 bridgehead atoms. The maximum atomic E-state index is 13.2. The van der Waals surface area contributed by atoms with Gasteiger partial charge in [0.15, 0.2) is 0 Å². The summed E-state index contributed by atoms with van der Waals surface area (Å²) in [4.78, 5) is 4.91. The van der Waals surface area contributed by atoms with Crippen molar-refractivity contribution in [3.05, 3.63) is 65.5 Å². The first-order valence-electron chi connectivity index (χ1n) is 11.2. The van der Waals surface area contributed by atoms with Crippen LogP contribution in [0.2, 0.25) is 0 Å². The number of anilines is 1. The molecule has 1 saturated heterocycles. The second-order valence-electron chi connectivity index (χ2n) is 8.78. The SMILES string of the molecule is Fc1ccc(N2CCN(CC[C@@H]3OC4CCCC[C@H]4c4ccccc43)CC2)cc1. The smallest absolute Gasteiger partial charge is 0.123 e. The van der Waals surface area contributed by atoms with Gasteiger partial charge in [0.1, 0.15) is 5.82 Å². The van der Waals surface area contributed by atoms with E-state index in [1.807, 2.05) is 12.1 Å². The Balaban J connectivity index is 1.19. The molecule has 2 aromatic carbocycles. The van der Waals surface area contributed by atoms with Crippen LogP contribution in [-0.2, 0) is 4.74 Å². The van der Waals surface area contributed by atoms with E-state index in [1.165, 1.54) is 31.2 Å². The highest BCUT2D eigenvalue weighted by molar-refractivity contribution is 5.46. The molecule has 0 amide bonds. The maximum Gasteiger partial charge on any atom is 0.123 e. The highest BCUT2D eigenvalue weighted by Gasteiger charge is 2.36. The Kier molecular flexibility index (Phi) is 5.56. The second-order valence-corrected chi connectivity index (χ2v) is 8.78. The van der Waals surface area contributed by atoms with E-state index in [0.29, 0.717) is 12.0 Å². The molecule has 3 nitrogen and oxygen atoms in total. The van der Waals surface area contributed by atoms with Gasteiger partial charge in [-0.1, -0.05) is 37.1 Å². The van der Waals surface area contributed by atoms with Crippen molar-refractivity contribution in [1.29, 1.82) is 0 Å². The van der Waals surface area contributed by atoms with Gasteiger partial charge in [0, 0.05) is 44.3 Å². The van der Waals surface area contributed by atoms with E-state index in [9.17, 15) is 4.39 Å². The third-order valence-electron chi connectivity index (χ3n) is 7.06. The summed E-state index contributed by atoms with van der Waals surface area (Å²) in [6.07, 6.45) is 6.85. The third kappa shape index (κ3) is 4.06. The van der Waals surface area contributed by atoms with Crippen molar-refractivity contribution in [1.82, 2.24) is 4.90 Å². The third-order valence-corrected chi connectivity index (χ3v) is 7.06. The van der Waals surface area contributed by atoms with Crippen LogP contribution in [0, 0.1) is 5.82 Å². The zero-order valence-electron chi connectivity index (χ0n) is 17.1. The lowest BCUT2D eigenvalue weighted by Gasteiger charge is -2.42. The van der Waals surface area contributed by atoms with Crippen molar-refractivity contribution in [3.8, 4) is 0 Å². The molecule has 1 unspecified atom stereocenters. The van der Waals surface area contributed by atoms with E-state index in [4.69, 9.17) is 4.74 Å². The number of halogens is 1. The van der Waals surface area contributed by atoms with Gasteiger partial charge in [-0.2, -0.15) is 0 Å². The highest BCUT2D eigenvalue weighted by atomic mass is 19.1. The minimum absolute atomic E-state index is 0.166. The summed E-state index contributed by atoms with van der Waals surface area (Å²) in [5.41, 5.74) is 4.11. The molecule has 2 aromatic rings. The van der Waals surface area contributed by atoms with Gasteiger partial charge >= 0.3 is 0 Å². The lowest BCUT2D eigenvalue weighted by Crippen LogP contribution is -2.47. The van der Waals surface area contributed by atoms with Crippen LogP contribution in [0.15, 0.2) is 48.5 Å². The lowest BCUT2D eigenvalue weighted by atomic mass is 9.76. The quantitative estimate of drug-likeness (QED) is 0.714. The lowest BCUT2D eigenvalue weighted by molar-refractivity contribution is -0.0635.